The zero-order valence-corrected chi connectivity index (χ0v) is 23.2. The Hall–Kier alpha value is -2.39. The molecule has 1 atom stereocenters. The number of carbonyl (C=O) groups is 2. The van der Waals surface area contributed by atoms with Gasteiger partial charge in [0.2, 0.25) is 21.8 Å². The molecular weight excluding hydrogens is 530 g/mol. The SMILES string of the molecule is Cc1ccc(CN(C(=O)CN(c2ccc(Br)c(C)c2)S(C)(=O)=O)[C@@H](C)C(=O)NC2CCCC2)cc1. The molecule has 1 saturated carbocycles. The number of carbonyl (C=O) groups excluding carboxylic acids is 2. The molecule has 190 valence electrons. The Balaban J connectivity index is 1.88. The molecule has 0 heterocycles. The first-order valence-electron chi connectivity index (χ1n) is 11.8. The van der Waals surface area contributed by atoms with Crippen molar-refractivity contribution in [2.45, 2.75) is 65.1 Å². The van der Waals surface area contributed by atoms with Gasteiger partial charge >= 0.3 is 0 Å². The Bertz CT molecular complexity index is 1160. The molecule has 1 fully saturated rings. The molecule has 0 spiro atoms. The summed E-state index contributed by atoms with van der Waals surface area (Å²) in [6.45, 7) is 5.34. The summed E-state index contributed by atoms with van der Waals surface area (Å²) >= 11 is 3.43. The summed E-state index contributed by atoms with van der Waals surface area (Å²) in [4.78, 5) is 28.2. The van der Waals surface area contributed by atoms with Gasteiger partial charge in [-0.15, -0.1) is 0 Å². The van der Waals surface area contributed by atoms with Gasteiger partial charge in [0.15, 0.2) is 0 Å². The van der Waals surface area contributed by atoms with Crippen LogP contribution in [0.2, 0.25) is 0 Å². The Labute approximate surface area is 217 Å². The van der Waals surface area contributed by atoms with Crippen LogP contribution in [-0.2, 0) is 26.2 Å². The quantitative estimate of drug-likeness (QED) is 0.492. The lowest BCUT2D eigenvalue weighted by Crippen LogP contribution is -2.52. The largest absolute Gasteiger partial charge is 0.352 e. The van der Waals surface area contributed by atoms with Crippen molar-refractivity contribution in [1.82, 2.24) is 10.2 Å². The van der Waals surface area contributed by atoms with Crippen LogP contribution in [0, 0.1) is 13.8 Å². The van der Waals surface area contributed by atoms with Gasteiger partial charge in [-0.2, -0.15) is 0 Å². The summed E-state index contributed by atoms with van der Waals surface area (Å²) < 4.78 is 27.3. The number of benzene rings is 2. The number of hydrogen-bond acceptors (Lipinski definition) is 4. The fraction of sp³-hybridized carbons (Fsp3) is 0.462. The van der Waals surface area contributed by atoms with Gasteiger partial charge in [0.05, 0.1) is 11.9 Å². The molecule has 0 radical (unpaired) electrons. The van der Waals surface area contributed by atoms with Crippen molar-refractivity contribution in [1.29, 1.82) is 0 Å². The molecule has 2 aromatic carbocycles. The molecule has 0 aliphatic heterocycles. The van der Waals surface area contributed by atoms with Crippen LogP contribution in [0.5, 0.6) is 0 Å². The second-order valence-corrected chi connectivity index (χ2v) is 12.1. The topological polar surface area (TPSA) is 86.8 Å². The minimum atomic E-state index is -3.75. The monoisotopic (exact) mass is 563 g/mol. The fourth-order valence-electron chi connectivity index (χ4n) is 4.26. The van der Waals surface area contributed by atoms with Crippen LogP contribution in [0.3, 0.4) is 0 Å². The molecular formula is C26H34BrN3O4S. The van der Waals surface area contributed by atoms with E-state index in [-0.39, 0.29) is 18.5 Å². The first-order chi connectivity index (χ1) is 16.5. The minimum absolute atomic E-state index is 0.125. The van der Waals surface area contributed by atoms with Gasteiger partial charge in [-0.1, -0.05) is 58.6 Å². The number of aryl methyl sites for hydroxylation is 2. The van der Waals surface area contributed by atoms with Gasteiger partial charge in [-0.05, 0) is 62.9 Å². The molecule has 0 bridgehead atoms. The Morgan fingerprint density at radius 3 is 2.29 bits per heavy atom. The van der Waals surface area contributed by atoms with Crippen LogP contribution >= 0.6 is 15.9 Å². The molecule has 0 aromatic heterocycles. The molecule has 2 aromatic rings. The van der Waals surface area contributed by atoms with Crippen LogP contribution in [-0.4, -0.2) is 50.0 Å². The van der Waals surface area contributed by atoms with E-state index in [1.54, 1.807) is 25.1 Å². The summed E-state index contributed by atoms with van der Waals surface area (Å²) in [5.41, 5.74) is 3.21. The number of nitrogens with zero attached hydrogens (tertiary/aromatic N) is 2. The third-order valence-electron chi connectivity index (χ3n) is 6.45. The smallest absolute Gasteiger partial charge is 0.244 e. The Morgan fingerprint density at radius 2 is 1.71 bits per heavy atom. The van der Waals surface area contributed by atoms with Crippen molar-refractivity contribution in [3.63, 3.8) is 0 Å². The number of hydrogen-bond donors (Lipinski definition) is 1. The first-order valence-corrected chi connectivity index (χ1v) is 14.5. The lowest BCUT2D eigenvalue weighted by Gasteiger charge is -2.32. The number of anilines is 1. The molecule has 0 unspecified atom stereocenters. The molecule has 1 N–H and O–H groups in total. The van der Waals surface area contributed by atoms with E-state index in [0.717, 1.165) is 57.4 Å². The van der Waals surface area contributed by atoms with E-state index in [1.807, 2.05) is 38.1 Å². The van der Waals surface area contributed by atoms with E-state index in [1.165, 1.54) is 4.90 Å². The second-order valence-electron chi connectivity index (χ2n) is 9.38. The highest BCUT2D eigenvalue weighted by Crippen LogP contribution is 2.25. The zero-order valence-electron chi connectivity index (χ0n) is 20.8. The van der Waals surface area contributed by atoms with Crippen molar-refractivity contribution in [2.75, 3.05) is 17.1 Å². The van der Waals surface area contributed by atoms with Crippen molar-refractivity contribution >= 4 is 43.5 Å². The third-order valence-corrected chi connectivity index (χ3v) is 8.48. The first kappa shape index (κ1) is 27.2. The summed E-state index contributed by atoms with van der Waals surface area (Å²) in [5.74, 6) is -0.659. The molecule has 0 saturated heterocycles. The highest BCUT2D eigenvalue weighted by atomic mass is 79.9. The number of nitrogens with one attached hydrogen (secondary N) is 1. The van der Waals surface area contributed by atoms with Gasteiger partial charge in [-0.3, -0.25) is 13.9 Å². The van der Waals surface area contributed by atoms with Crippen molar-refractivity contribution in [2.24, 2.45) is 0 Å². The average molecular weight is 565 g/mol. The van der Waals surface area contributed by atoms with E-state index in [4.69, 9.17) is 0 Å². The molecule has 1 aliphatic carbocycles. The maximum atomic E-state index is 13.6. The number of halogens is 1. The summed E-state index contributed by atoms with van der Waals surface area (Å²) in [7, 11) is -3.75. The van der Waals surface area contributed by atoms with Crippen molar-refractivity contribution in [3.05, 3.63) is 63.6 Å². The normalized spacial score (nSPS) is 15.0. The maximum Gasteiger partial charge on any atom is 0.244 e. The van der Waals surface area contributed by atoms with Crippen molar-refractivity contribution in [3.8, 4) is 0 Å². The summed E-state index contributed by atoms with van der Waals surface area (Å²) in [6.07, 6.45) is 5.13. The molecule has 3 rings (SSSR count). The summed E-state index contributed by atoms with van der Waals surface area (Å²) in [6, 6.07) is 12.3. The minimum Gasteiger partial charge on any atom is -0.352 e. The fourth-order valence-corrected chi connectivity index (χ4v) is 5.35. The number of rotatable bonds is 9. The highest BCUT2D eigenvalue weighted by Gasteiger charge is 2.31. The van der Waals surface area contributed by atoms with Crippen LogP contribution in [0.1, 0.15) is 49.3 Å². The predicted octanol–water partition coefficient (Wildman–Crippen LogP) is 4.31. The van der Waals surface area contributed by atoms with Crippen LogP contribution in [0.15, 0.2) is 46.9 Å². The maximum absolute atomic E-state index is 13.6. The molecule has 9 heteroatoms. The summed E-state index contributed by atoms with van der Waals surface area (Å²) in [5, 5.41) is 3.07. The van der Waals surface area contributed by atoms with Gasteiger partial charge < -0.3 is 10.2 Å². The number of sulfonamides is 1. The van der Waals surface area contributed by atoms with Gasteiger partial charge in [0.1, 0.15) is 12.6 Å². The standard InChI is InChI=1S/C26H34BrN3O4S/c1-18-9-11-21(12-10-18)16-29(20(3)26(32)28-22-7-5-6-8-22)25(31)17-30(35(4,33)34)23-13-14-24(27)19(2)15-23/h9-15,20,22H,5-8,16-17H2,1-4H3,(H,28,32)/t20-/m0/s1. The van der Waals surface area contributed by atoms with Crippen LogP contribution < -0.4 is 9.62 Å². The van der Waals surface area contributed by atoms with E-state index < -0.39 is 28.5 Å². The van der Waals surface area contributed by atoms with E-state index in [0.29, 0.717) is 5.69 Å². The third kappa shape index (κ3) is 7.30. The molecule has 35 heavy (non-hydrogen) atoms. The molecule has 1 aliphatic rings. The lowest BCUT2D eigenvalue weighted by molar-refractivity contribution is -0.139. The lowest BCUT2D eigenvalue weighted by atomic mass is 10.1. The zero-order chi connectivity index (χ0) is 25.8. The molecule has 7 nitrogen and oxygen atoms in total. The number of amides is 2. The van der Waals surface area contributed by atoms with Crippen molar-refractivity contribution < 1.29 is 18.0 Å². The second kappa shape index (κ2) is 11.6. The van der Waals surface area contributed by atoms with E-state index in [2.05, 4.69) is 21.2 Å². The van der Waals surface area contributed by atoms with Gasteiger partial charge in [0, 0.05) is 17.1 Å². The van der Waals surface area contributed by atoms with Gasteiger partial charge in [-0.25, -0.2) is 8.42 Å². The molecule has 2 amide bonds. The highest BCUT2D eigenvalue weighted by molar-refractivity contribution is 9.10. The Morgan fingerprint density at radius 1 is 1.09 bits per heavy atom. The predicted molar refractivity (Wildman–Crippen MR) is 143 cm³/mol. The van der Waals surface area contributed by atoms with Gasteiger partial charge in [0.25, 0.3) is 0 Å². The van der Waals surface area contributed by atoms with Crippen LogP contribution in [0.4, 0.5) is 5.69 Å². The van der Waals surface area contributed by atoms with E-state index >= 15 is 0 Å². The average Bonchev–Trinajstić information content (AvgIpc) is 3.30. The van der Waals surface area contributed by atoms with Crippen LogP contribution in [0.25, 0.3) is 0 Å². The van der Waals surface area contributed by atoms with E-state index in [9.17, 15) is 18.0 Å². The Kier molecular flexibility index (Phi) is 8.99.